The van der Waals surface area contributed by atoms with Crippen LogP contribution in [0.15, 0.2) is 42.5 Å². The van der Waals surface area contributed by atoms with Crippen LogP contribution in [0.2, 0.25) is 0 Å². The molecule has 3 rings (SSSR count). The molecule has 0 aliphatic carbocycles. The molecule has 0 bridgehead atoms. The largest absolute Gasteiger partial charge is 0.459 e. The molecular formula is C22H23NO2. The quantitative estimate of drug-likeness (QED) is 0.603. The van der Waals surface area contributed by atoms with Gasteiger partial charge in [-0.15, -0.1) is 0 Å². The molecule has 0 atom stereocenters. The monoisotopic (exact) mass is 333 g/mol. The summed E-state index contributed by atoms with van der Waals surface area (Å²) in [6.07, 6.45) is -0.163. The molecule has 3 heteroatoms. The first-order chi connectivity index (χ1) is 11.8. The van der Waals surface area contributed by atoms with Gasteiger partial charge in [-0.25, -0.2) is 9.78 Å². The molecule has 128 valence electrons. The summed E-state index contributed by atoms with van der Waals surface area (Å²) in [4.78, 5) is 17.5. The first kappa shape index (κ1) is 17.2. The molecule has 0 spiro atoms. The van der Waals surface area contributed by atoms with Crippen LogP contribution in [0, 0.1) is 20.8 Å². The van der Waals surface area contributed by atoms with Gasteiger partial charge in [0.2, 0.25) is 0 Å². The summed E-state index contributed by atoms with van der Waals surface area (Å²) in [6.45, 7) is 9.82. The van der Waals surface area contributed by atoms with E-state index < -0.39 is 0 Å². The van der Waals surface area contributed by atoms with Crippen molar-refractivity contribution in [2.75, 3.05) is 0 Å². The lowest BCUT2D eigenvalue weighted by atomic mass is 9.99. The van der Waals surface area contributed by atoms with Gasteiger partial charge in [-0.1, -0.05) is 41.5 Å². The number of carbonyl (C=O) groups is 1. The smallest absolute Gasteiger partial charge is 0.339 e. The number of carbonyl (C=O) groups excluding carboxylic acids is 1. The SMILES string of the molecule is Cc1ccc(-c2cc(C(=O)OC(C)C)c3cc(C)cc(C)c3n2)cc1. The Morgan fingerprint density at radius 2 is 1.64 bits per heavy atom. The van der Waals surface area contributed by atoms with E-state index in [1.54, 1.807) is 0 Å². The highest BCUT2D eigenvalue weighted by molar-refractivity contribution is 6.05. The van der Waals surface area contributed by atoms with Crippen LogP contribution in [-0.2, 0) is 4.74 Å². The van der Waals surface area contributed by atoms with Gasteiger partial charge in [-0.05, 0) is 52.3 Å². The lowest BCUT2D eigenvalue weighted by Crippen LogP contribution is -2.13. The summed E-state index contributed by atoms with van der Waals surface area (Å²) < 4.78 is 5.47. The van der Waals surface area contributed by atoms with Crippen molar-refractivity contribution in [2.45, 2.75) is 40.7 Å². The van der Waals surface area contributed by atoms with Gasteiger partial charge >= 0.3 is 5.97 Å². The Morgan fingerprint density at radius 3 is 2.28 bits per heavy atom. The van der Waals surface area contributed by atoms with Crippen LogP contribution < -0.4 is 0 Å². The van der Waals surface area contributed by atoms with Crippen molar-refractivity contribution >= 4 is 16.9 Å². The Morgan fingerprint density at radius 1 is 0.960 bits per heavy atom. The van der Waals surface area contributed by atoms with Crippen molar-refractivity contribution in [3.05, 3.63) is 64.7 Å². The molecule has 2 aromatic carbocycles. The van der Waals surface area contributed by atoms with E-state index in [1.807, 2.05) is 52.0 Å². The maximum absolute atomic E-state index is 12.7. The zero-order valence-electron chi connectivity index (χ0n) is 15.4. The number of benzene rings is 2. The van der Waals surface area contributed by atoms with Gasteiger partial charge in [0.05, 0.1) is 22.9 Å². The van der Waals surface area contributed by atoms with Gasteiger partial charge in [0.25, 0.3) is 0 Å². The predicted octanol–water partition coefficient (Wildman–Crippen LogP) is 5.39. The lowest BCUT2D eigenvalue weighted by molar-refractivity contribution is 0.0380. The van der Waals surface area contributed by atoms with E-state index in [0.717, 1.165) is 33.3 Å². The Balaban J connectivity index is 2.26. The molecule has 0 aliphatic rings. The van der Waals surface area contributed by atoms with E-state index in [9.17, 15) is 4.79 Å². The first-order valence-electron chi connectivity index (χ1n) is 8.55. The molecule has 0 aliphatic heterocycles. The Labute approximate surface area is 148 Å². The zero-order valence-corrected chi connectivity index (χ0v) is 15.4. The summed E-state index contributed by atoms with van der Waals surface area (Å²) in [7, 11) is 0. The van der Waals surface area contributed by atoms with Crippen LogP contribution in [0.1, 0.15) is 40.9 Å². The summed E-state index contributed by atoms with van der Waals surface area (Å²) in [5, 5.41) is 0.846. The first-order valence-corrected chi connectivity index (χ1v) is 8.55. The van der Waals surface area contributed by atoms with E-state index in [2.05, 4.69) is 25.1 Å². The zero-order chi connectivity index (χ0) is 18.1. The molecule has 1 heterocycles. The van der Waals surface area contributed by atoms with E-state index in [1.165, 1.54) is 5.56 Å². The number of rotatable bonds is 3. The average molecular weight is 333 g/mol. The molecule has 0 N–H and O–H groups in total. The number of ether oxygens (including phenoxy) is 1. The van der Waals surface area contributed by atoms with Gasteiger partial charge in [0, 0.05) is 10.9 Å². The van der Waals surface area contributed by atoms with Crippen molar-refractivity contribution in [1.82, 2.24) is 4.98 Å². The molecular weight excluding hydrogens is 310 g/mol. The second-order valence-corrected chi connectivity index (χ2v) is 6.85. The van der Waals surface area contributed by atoms with E-state index in [0.29, 0.717) is 5.56 Å². The fourth-order valence-corrected chi connectivity index (χ4v) is 3.00. The third-order valence-corrected chi connectivity index (χ3v) is 4.16. The molecule has 0 saturated heterocycles. The molecule has 0 fully saturated rings. The van der Waals surface area contributed by atoms with Crippen LogP contribution in [0.5, 0.6) is 0 Å². The molecule has 3 aromatic rings. The highest BCUT2D eigenvalue weighted by Crippen LogP contribution is 2.28. The summed E-state index contributed by atoms with van der Waals surface area (Å²) >= 11 is 0. The number of pyridine rings is 1. The highest BCUT2D eigenvalue weighted by Gasteiger charge is 2.17. The maximum Gasteiger partial charge on any atom is 0.339 e. The van der Waals surface area contributed by atoms with E-state index >= 15 is 0 Å². The topological polar surface area (TPSA) is 39.2 Å². The maximum atomic E-state index is 12.7. The number of hydrogen-bond acceptors (Lipinski definition) is 3. The number of aryl methyl sites for hydroxylation is 3. The van der Waals surface area contributed by atoms with Gasteiger partial charge in [-0.3, -0.25) is 0 Å². The summed E-state index contributed by atoms with van der Waals surface area (Å²) in [5.41, 5.74) is 6.55. The fourth-order valence-electron chi connectivity index (χ4n) is 3.00. The molecule has 25 heavy (non-hydrogen) atoms. The van der Waals surface area contributed by atoms with Crippen molar-refractivity contribution in [2.24, 2.45) is 0 Å². The number of nitrogens with zero attached hydrogens (tertiary/aromatic N) is 1. The van der Waals surface area contributed by atoms with Crippen molar-refractivity contribution in [1.29, 1.82) is 0 Å². The molecule has 1 aromatic heterocycles. The summed E-state index contributed by atoms with van der Waals surface area (Å²) in [6, 6.07) is 14.1. The molecule has 0 radical (unpaired) electrons. The Hall–Kier alpha value is -2.68. The van der Waals surface area contributed by atoms with Crippen LogP contribution >= 0.6 is 0 Å². The number of hydrogen-bond donors (Lipinski definition) is 0. The molecule has 0 unspecified atom stereocenters. The normalized spacial score (nSPS) is 11.1. The summed E-state index contributed by atoms with van der Waals surface area (Å²) in [5.74, 6) is -0.305. The minimum absolute atomic E-state index is 0.163. The van der Waals surface area contributed by atoms with Crippen LogP contribution in [0.3, 0.4) is 0 Å². The Kier molecular flexibility index (Phi) is 4.58. The average Bonchev–Trinajstić information content (AvgIpc) is 2.54. The van der Waals surface area contributed by atoms with Crippen LogP contribution in [0.4, 0.5) is 0 Å². The van der Waals surface area contributed by atoms with Gasteiger partial charge in [-0.2, -0.15) is 0 Å². The fraction of sp³-hybridized carbons (Fsp3) is 0.273. The third-order valence-electron chi connectivity index (χ3n) is 4.16. The highest BCUT2D eigenvalue weighted by atomic mass is 16.5. The van der Waals surface area contributed by atoms with Gasteiger partial charge in [0.1, 0.15) is 0 Å². The predicted molar refractivity (Wildman–Crippen MR) is 102 cm³/mol. The van der Waals surface area contributed by atoms with E-state index in [4.69, 9.17) is 9.72 Å². The van der Waals surface area contributed by atoms with Gasteiger partial charge in [0.15, 0.2) is 0 Å². The minimum Gasteiger partial charge on any atom is -0.459 e. The van der Waals surface area contributed by atoms with Crippen molar-refractivity contribution in [3.63, 3.8) is 0 Å². The second kappa shape index (κ2) is 6.67. The van der Waals surface area contributed by atoms with Crippen LogP contribution in [0.25, 0.3) is 22.2 Å². The third kappa shape index (κ3) is 3.55. The van der Waals surface area contributed by atoms with Gasteiger partial charge < -0.3 is 4.74 Å². The lowest BCUT2D eigenvalue weighted by Gasteiger charge is -2.14. The second-order valence-electron chi connectivity index (χ2n) is 6.85. The van der Waals surface area contributed by atoms with Crippen molar-refractivity contribution < 1.29 is 9.53 Å². The molecule has 0 amide bonds. The number of esters is 1. The Bertz CT molecular complexity index is 940. The molecule has 0 saturated carbocycles. The number of aromatic nitrogens is 1. The van der Waals surface area contributed by atoms with Crippen LogP contribution in [-0.4, -0.2) is 17.1 Å². The minimum atomic E-state index is -0.305. The number of fused-ring (bicyclic) bond motifs is 1. The molecule has 3 nitrogen and oxygen atoms in total. The van der Waals surface area contributed by atoms with Crippen molar-refractivity contribution in [3.8, 4) is 11.3 Å². The standard InChI is InChI=1S/C22H23NO2/c1-13(2)25-22(24)19-12-20(17-8-6-14(3)7-9-17)23-21-16(5)10-15(4)11-18(19)21/h6-13H,1-5H3. The van der Waals surface area contributed by atoms with E-state index in [-0.39, 0.29) is 12.1 Å².